The van der Waals surface area contributed by atoms with Gasteiger partial charge >= 0.3 is 0 Å². The Morgan fingerprint density at radius 1 is 1.17 bits per heavy atom. The lowest BCUT2D eigenvalue weighted by atomic mass is 10.0. The van der Waals surface area contributed by atoms with Crippen LogP contribution in [0.2, 0.25) is 0 Å². The molecule has 0 bridgehead atoms. The number of likely N-dealkylation sites (tertiary alicyclic amines) is 1. The molecule has 2 amide bonds. The number of amides is 2. The molecular formula is C19H28N2O3. The molecule has 0 aromatic heterocycles. The summed E-state index contributed by atoms with van der Waals surface area (Å²) in [5.74, 6) is 1.02. The number of para-hydroxylation sites is 1. The molecule has 0 spiro atoms. The van der Waals surface area contributed by atoms with Gasteiger partial charge in [-0.15, -0.1) is 0 Å². The lowest BCUT2D eigenvalue weighted by molar-refractivity contribution is -0.136. The second-order valence-electron chi connectivity index (χ2n) is 6.69. The number of ether oxygens (including phenoxy) is 1. The first-order valence-corrected chi connectivity index (χ1v) is 8.82. The molecular weight excluding hydrogens is 304 g/mol. The van der Waals surface area contributed by atoms with Crippen LogP contribution in [-0.2, 0) is 9.59 Å². The maximum atomic E-state index is 12.6. The molecule has 1 saturated heterocycles. The Hall–Kier alpha value is -2.04. The summed E-state index contributed by atoms with van der Waals surface area (Å²) in [7, 11) is 0. The van der Waals surface area contributed by atoms with E-state index in [1.54, 1.807) is 0 Å². The highest BCUT2D eigenvalue weighted by atomic mass is 16.5. The number of hydrogen-bond acceptors (Lipinski definition) is 3. The highest BCUT2D eigenvalue weighted by Gasteiger charge is 2.28. The minimum Gasteiger partial charge on any atom is -0.493 e. The van der Waals surface area contributed by atoms with Gasteiger partial charge in [-0.2, -0.15) is 0 Å². The second kappa shape index (κ2) is 9.30. The zero-order valence-corrected chi connectivity index (χ0v) is 14.7. The molecule has 24 heavy (non-hydrogen) atoms. The predicted molar refractivity (Wildman–Crippen MR) is 93.8 cm³/mol. The summed E-state index contributed by atoms with van der Waals surface area (Å²) < 4.78 is 5.54. The van der Waals surface area contributed by atoms with Gasteiger partial charge in [0.25, 0.3) is 0 Å². The minimum absolute atomic E-state index is 0.0542. The van der Waals surface area contributed by atoms with Gasteiger partial charge in [0.05, 0.1) is 13.0 Å². The average molecular weight is 332 g/mol. The standard InChI is InChI=1S/C19H28N2O3/c1-15(2)14-17(19(23)21-11-6-7-12-21)20-18(22)10-13-24-16-8-4-3-5-9-16/h3-5,8-9,15,17H,6-7,10-14H2,1-2H3,(H,20,22)/t17-/m1/s1. The number of nitrogens with zero attached hydrogens (tertiary/aromatic N) is 1. The largest absolute Gasteiger partial charge is 0.493 e. The van der Waals surface area contributed by atoms with Crippen molar-refractivity contribution in [1.82, 2.24) is 10.2 Å². The Morgan fingerprint density at radius 3 is 2.46 bits per heavy atom. The van der Waals surface area contributed by atoms with Crippen LogP contribution in [0.4, 0.5) is 0 Å². The summed E-state index contributed by atoms with van der Waals surface area (Å²) in [5.41, 5.74) is 0. The Labute approximate surface area is 144 Å². The van der Waals surface area contributed by atoms with Crippen molar-refractivity contribution < 1.29 is 14.3 Å². The fraction of sp³-hybridized carbons (Fsp3) is 0.579. The Balaban J connectivity index is 1.81. The van der Waals surface area contributed by atoms with Crippen LogP contribution in [0, 0.1) is 5.92 Å². The summed E-state index contributed by atoms with van der Waals surface area (Å²) in [6.45, 7) is 6.05. The monoisotopic (exact) mass is 332 g/mol. The van der Waals surface area contributed by atoms with Gasteiger partial charge < -0.3 is 15.0 Å². The van der Waals surface area contributed by atoms with Gasteiger partial charge in [-0.05, 0) is 37.3 Å². The average Bonchev–Trinajstić information content (AvgIpc) is 3.08. The molecule has 1 fully saturated rings. The molecule has 0 radical (unpaired) electrons. The Kier molecular flexibility index (Phi) is 7.09. The molecule has 1 atom stereocenters. The number of carbonyl (C=O) groups is 2. The Bertz CT molecular complexity index is 525. The molecule has 2 rings (SSSR count). The van der Waals surface area contributed by atoms with Crippen LogP contribution in [0.5, 0.6) is 5.75 Å². The minimum atomic E-state index is -0.424. The normalized spacial score (nSPS) is 15.4. The maximum Gasteiger partial charge on any atom is 0.245 e. The van der Waals surface area contributed by atoms with Gasteiger partial charge in [-0.25, -0.2) is 0 Å². The van der Waals surface area contributed by atoms with E-state index >= 15 is 0 Å². The quantitative estimate of drug-likeness (QED) is 0.796. The molecule has 1 heterocycles. The molecule has 0 unspecified atom stereocenters. The van der Waals surface area contributed by atoms with Crippen LogP contribution in [0.3, 0.4) is 0 Å². The van der Waals surface area contributed by atoms with E-state index in [-0.39, 0.29) is 18.2 Å². The van der Waals surface area contributed by atoms with Crippen molar-refractivity contribution in [3.05, 3.63) is 30.3 Å². The maximum absolute atomic E-state index is 12.6. The molecule has 1 aromatic rings. The fourth-order valence-corrected chi connectivity index (χ4v) is 2.90. The molecule has 1 aliphatic rings. The summed E-state index contributed by atoms with van der Waals surface area (Å²) in [4.78, 5) is 26.6. The summed E-state index contributed by atoms with van der Waals surface area (Å²) in [6, 6.07) is 8.99. The zero-order valence-electron chi connectivity index (χ0n) is 14.7. The van der Waals surface area contributed by atoms with E-state index in [1.165, 1.54) is 0 Å². The lowest BCUT2D eigenvalue weighted by Crippen LogP contribution is -2.48. The first-order chi connectivity index (χ1) is 11.6. The van der Waals surface area contributed by atoms with E-state index in [4.69, 9.17) is 4.74 Å². The summed E-state index contributed by atoms with van der Waals surface area (Å²) >= 11 is 0. The highest BCUT2D eigenvalue weighted by molar-refractivity contribution is 5.87. The van der Waals surface area contributed by atoms with Gasteiger partial charge in [-0.3, -0.25) is 9.59 Å². The van der Waals surface area contributed by atoms with Crippen LogP contribution in [-0.4, -0.2) is 42.5 Å². The van der Waals surface area contributed by atoms with Gasteiger partial charge in [0.15, 0.2) is 0 Å². The third kappa shape index (κ3) is 5.87. The van der Waals surface area contributed by atoms with Crippen LogP contribution in [0.1, 0.15) is 39.5 Å². The van der Waals surface area contributed by atoms with E-state index in [9.17, 15) is 9.59 Å². The lowest BCUT2D eigenvalue weighted by Gasteiger charge is -2.25. The van der Waals surface area contributed by atoms with Crippen LogP contribution < -0.4 is 10.1 Å². The fourth-order valence-electron chi connectivity index (χ4n) is 2.90. The third-order valence-electron chi connectivity index (χ3n) is 4.10. The van der Waals surface area contributed by atoms with Crippen LogP contribution in [0.15, 0.2) is 30.3 Å². The SMILES string of the molecule is CC(C)C[C@@H](NC(=O)CCOc1ccccc1)C(=O)N1CCCC1. The molecule has 1 aliphatic heterocycles. The van der Waals surface area contributed by atoms with E-state index in [1.807, 2.05) is 35.2 Å². The van der Waals surface area contributed by atoms with Crippen molar-refractivity contribution in [2.45, 2.75) is 45.6 Å². The molecule has 132 valence electrons. The number of rotatable bonds is 8. The van der Waals surface area contributed by atoms with E-state index in [2.05, 4.69) is 19.2 Å². The molecule has 1 aromatic carbocycles. The molecule has 0 aliphatic carbocycles. The summed E-state index contributed by atoms with van der Waals surface area (Å²) in [6.07, 6.45) is 3.02. The first-order valence-electron chi connectivity index (χ1n) is 8.82. The summed E-state index contributed by atoms with van der Waals surface area (Å²) in [5, 5.41) is 2.90. The predicted octanol–water partition coefficient (Wildman–Crippen LogP) is 2.61. The third-order valence-corrected chi connectivity index (χ3v) is 4.10. The van der Waals surface area contributed by atoms with E-state index in [0.717, 1.165) is 31.7 Å². The zero-order chi connectivity index (χ0) is 17.4. The second-order valence-corrected chi connectivity index (χ2v) is 6.69. The number of carbonyl (C=O) groups excluding carboxylic acids is 2. The molecule has 1 N–H and O–H groups in total. The van der Waals surface area contributed by atoms with Gasteiger partial charge in [0.1, 0.15) is 11.8 Å². The van der Waals surface area contributed by atoms with Crippen molar-refractivity contribution in [3.8, 4) is 5.75 Å². The Morgan fingerprint density at radius 2 is 1.83 bits per heavy atom. The van der Waals surface area contributed by atoms with Crippen molar-refractivity contribution >= 4 is 11.8 Å². The van der Waals surface area contributed by atoms with Gasteiger partial charge in [-0.1, -0.05) is 32.0 Å². The number of nitrogens with one attached hydrogen (secondary N) is 1. The topological polar surface area (TPSA) is 58.6 Å². The van der Waals surface area contributed by atoms with Crippen molar-refractivity contribution in [1.29, 1.82) is 0 Å². The molecule has 5 nitrogen and oxygen atoms in total. The number of hydrogen-bond donors (Lipinski definition) is 1. The van der Waals surface area contributed by atoms with Crippen molar-refractivity contribution in [3.63, 3.8) is 0 Å². The van der Waals surface area contributed by atoms with Crippen molar-refractivity contribution in [2.24, 2.45) is 5.92 Å². The highest BCUT2D eigenvalue weighted by Crippen LogP contribution is 2.14. The molecule has 0 saturated carbocycles. The number of benzene rings is 1. The van der Waals surface area contributed by atoms with Gasteiger partial charge in [0.2, 0.25) is 11.8 Å². The first kappa shape index (κ1) is 18.3. The van der Waals surface area contributed by atoms with Crippen LogP contribution >= 0.6 is 0 Å². The smallest absolute Gasteiger partial charge is 0.245 e. The van der Waals surface area contributed by atoms with Crippen molar-refractivity contribution in [2.75, 3.05) is 19.7 Å². The van der Waals surface area contributed by atoms with E-state index in [0.29, 0.717) is 18.9 Å². The van der Waals surface area contributed by atoms with E-state index < -0.39 is 6.04 Å². The van der Waals surface area contributed by atoms with Crippen LogP contribution in [0.25, 0.3) is 0 Å². The van der Waals surface area contributed by atoms with Gasteiger partial charge in [0, 0.05) is 13.1 Å². The molecule has 5 heteroatoms.